The van der Waals surface area contributed by atoms with E-state index in [0.717, 1.165) is 27.1 Å². The third kappa shape index (κ3) is 4.06. The quantitative estimate of drug-likeness (QED) is 0.367. The normalized spacial score (nSPS) is 11.3. The second-order valence-corrected chi connectivity index (χ2v) is 9.18. The molecule has 7 nitrogen and oxygen atoms in total. The number of halogens is 1. The summed E-state index contributed by atoms with van der Waals surface area (Å²) in [5.74, 6) is 0.317. The third-order valence-electron chi connectivity index (χ3n) is 5.78. The first kappa shape index (κ1) is 22.2. The molecule has 1 amide bonds. The number of imidazole rings is 1. The third-order valence-corrected chi connectivity index (χ3v) is 6.81. The van der Waals surface area contributed by atoms with Crippen LogP contribution in [0.25, 0.3) is 15.9 Å². The van der Waals surface area contributed by atoms with Crippen molar-refractivity contribution in [1.29, 1.82) is 0 Å². The summed E-state index contributed by atoms with van der Waals surface area (Å²) >= 11 is 7.53. The Morgan fingerprint density at radius 1 is 1.18 bits per heavy atom. The number of hydrogen-bond acceptors (Lipinski definition) is 5. The van der Waals surface area contributed by atoms with Crippen LogP contribution in [-0.2, 0) is 17.8 Å². The molecule has 1 N–H and O–H groups in total. The van der Waals surface area contributed by atoms with Gasteiger partial charge in [-0.2, -0.15) is 0 Å². The molecule has 0 spiro atoms. The number of hydrogen-bond donors (Lipinski definition) is 1. The highest BCUT2D eigenvalue weighted by Crippen LogP contribution is 2.31. The van der Waals surface area contributed by atoms with Crippen LogP contribution >= 0.6 is 22.9 Å². The van der Waals surface area contributed by atoms with Crippen molar-refractivity contribution in [2.24, 2.45) is 0 Å². The Bertz CT molecular complexity index is 1500. The van der Waals surface area contributed by atoms with Gasteiger partial charge in [-0.3, -0.25) is 18.6 Å². The summed E-state index contributed by atoms with van der Waals surface area (Å²) in [5, 5.41) is 6.27. The number of carbonyl (C=O) groups excluding carboxylic acids is 2. The van der Waals surface area contributed by atoms with Crippen molar-refractivity contribution in [3.63, 3.8) is 0 Å². The first-order valence-electron chi connectivity index (χ1n) is 10.6. The van der Waals surface area contributed by atoms with Gasteiger partial charge in [0.05, 0.1) is 31.3 Å². The summed E-state index contributed by atoms with van der Waals surface area (Å²) in [7, 11) is 1.59. The Kier molecular flexibility index (Phi) is 5.85. The average molecular weight is 493 g/mol. The van der Waals surface area contributed by atoms with Gasteiger partial charge >= 0.3 is 0 Å². The van der Waals surface area contributed by atoms with Crippen molar-refractivity contribution < 1.29 is 14.3 Å². The number of nitrogens with one attached hydrogen (secondary N) is 1. The van der Waals surface area contributed by atoms with Crippen molar-refractivity contribution in [2.75, 3.05) is 7.11 Å². The monoisotopic (exact) mass is 492 g/mol. The van der Waals surface area contributed by atoms with E-state index in [1.165, 1.54) is 0 Å². The van der Waals surface area contributed by atoms with Crippen LogP contribution in [0, 0.1) is 6.92 Å². The highest BCUT2D eigenvalue weighted by molar-refractivity contribution is 7.15. The van der Waals surface area contributed by atoms with E-state index in [-0.39, 0.29) is 18.2 Å². The van der Waals surface area contributed by atoms with E-state index in [0.29, 0.717) is 28.6 Å². The van der Waals surface area contributed by atoms with E-state index < -0.39 is 0 Å². The lowest BCUT2D eigenvalue weighted by Crippen LogP contribution is -2.25. The summed E-state index contributed by atoms with van der Waals surface area (Å²) in [5.41, 5.74) is 3.51. The molecule has 0 fully saturated rings. The maximum Gasteiger partial charge on any atom is 0.262 e. The van der Waals surface area contributed by atoms with Crippen LogP contribution in [0.15, 0.2) is 60.2 Å². The summed E-state index contributed by atoms with van der Waals surface area (Å²) in [6, 6.07) is 12.3. The van der Waals surface area contributed by atoms with Crippen molar-refractivity contribution in [2.45, 2.75) is 19.9 Å². The molecule has 0 aliphatic carbocycles. The zero-order valence-corrected chi connectivity index (χ0v) is 20.1. The first-order chi connectivity index (χ1) is 16.4. The van der Waals surface area contributed by atoms with E-state index in [4.69, 9.17) is 16.3 Å². The Morgan fingerprint density at radius 3 is 2.71 bits per heavy atom. The fourth-order valence-electron chi connectivity index (χ4n) is 4.07. The number of nitrogens with zero attached hydrogens (tertiary/aromatic N) is 3. The van der Waals surface area contributed by atoms with Crippen LogP contribution in [0.2, 0.25) is 5.02 Å². The van der Waals surface area contributed by atoms with Gasteiger partial charge < -0.3 is 10.1 Å². The highest BCUT2D eigenvalue weighted by Gasteiger charge is 2.22. The number of amides is 1. The van der Waals surface area contributed by atoms with Gasteiger partial charge in [-0.25, -0.2) is 4.98 Å². The van der Waals surface area contributed by atoms with Crippen molar-refractivity contribution in [1.82, 2.24) is 19.3 Å². The van der Waals surface area contributed by atoms with Gasteiger partial charge in [0, 0.05) is 39.4 Å². The number of ether oxygens (including phenoxy) is 1. The average Bonchev–Trinajstić information content (AvgIpc) is 3.50. The zero-order valence-electron chi connectivity index (χ0n) is 18.5. The largest absolute Gasteiger partial charge is 0.497 e. The molecule has 0 radical (unpaired) electrons. The standard InChI is InChI=1S/C25H21ClN4O3S/c1-15-20(12-23(31)27-13-18-14-29-9-10-34-25(29)28-18)21-11-19(33-2)7-8-22(21)30(15)24(32)16-3-5-17(26)6-4-16/h3-11,14H,12-13H2,1-2H3,(H,27,31). The number of fused-ring (bicyclic) bond motifs is 2. The number of carbonyl (C=O) groups is 2. The number of rotatable bonds is 6. The van der Waals surface area contributed by atoms with Crippen LogP contribution < -0.4 is 10.1 Å². The second-order valence-electron chi connectivity index (χ2n) is 7.87. The fourth-order valence-corrected chi connectivity index (χ4v) is 4.91. The molecule has 3 aromatic heterocycles. The lowest BCUT2D eigenvalue weighted by atomic mass is 10.1. The van der Waals surface area contributed by atoms with Gasteiger partial charge in [0.15, 0.2) is 4.96 Å². The van der Waals surface area contributed by atoms with Crippen molar-refractivity contribution in [3.8, 4) is 5.75 Å². The molecule has 0 aliphatic rings. The molecule has 0 atom stereocenters. The predicted molar refractivity (Wildman–Crippen MR) is 133 cm³/mol. The Balaban J connectivity index is 1.46. The maximum atomic E-state index is 13.4. The Labute approximate surface area is 204 Å². The molecule has 2 aromatic carbocycles. The van der Waals surface area contributed by atoms with Crippen LogP contribution in [-0.4, -0.2) is 32.9 Å². The van der Waals surface area contributed by atoms with Crippen LogP contribution in [0.5, 0.6) is 5.75 Å². The van der Waals surface area contributed by atoms with Crippen molar-refractivity contribution >= 4 is 50.6 Å². The number of benzene rings is 2. The van der Waals surface area contributed by atoms with Crippen molar-refractivity contribution in [3.05, 3.63) is 87.8 Å². The van der Waals surface area contributed by atoms with Gasteiger partial charge in [-0.1, -0.05) is 11.6 Å². The van der Waals surface area contributed by atoms with Gasteiger partial charge in [0.25, 0.3) is 5.91 Å². The lowest BCUT2D eigenvalue weighted by Gasteiger charge is -2.08. The Morgan fingerprint density at radius 2 is 1.97 bits per heavy atom. The topological polar surface area (TPSA) is 77.6 Å². The molecule has 34 heavy (non-hydrogen) atoms. The van der Waals surface area contributed by atoms with Gasteiger partial charge in [0.1, 0.15) is 5.75 Å². The summed E-state index contributed by atoms with van der Waals surface area (Å²) in [6.07, 6.45) is 3.96. The lowest BCUT2D eigenvalue weighted by molar-refractivity contribution is -0.120. The summed E-state index contributed by atoms with van der Waals surface area (Å²) < 4.78 is 8.97. The molecule has 0 saturated carbocycles. The number of methoxy groups -OCH3 is 1. The molecule has 0 saturated heterocycles. The summed E-state index contributed by atoms with van der Waals surface area (Å²) in [4.78, 5) is 31.7. The van der Waals surface area contributed by atoms with Gasteiger partial charge in [0.2, 0.25) is 5.91 Å². The highest BCUT2D eigenvalue weighted by atomic mass is 35.5. The maximum absolute atomic E-state index is 13.4. The van der Waals surface area contributed by atoms with E-state index in [2.05, 4.69) is 10.3 Å². The fraction of sp³-hybridized carbons (Fsp3) is 0.160. The minimum absolute atomic E-state index is 0.124. The minimum Gasteiger partial charge on any atom is -0.497 e. The van der Waals surface area contributed by atoms with Gasteiger partial charge in [-0.15, -0.1) is 11.3 Å². The van der Waals surface area contributed by atoms with Crippen LogP contribution in [0.4, 0.5) is 0 Å². The van der Waals surface area contributed by atoms with Crippen LogP contribution in [0.1, 0.15) is 27.3 Å². The van der Waals surface area contributed by atoms with E-state index >= 15 is 0 Å². The predicted octanol–water partition coefficient (Wildman–Crippen LogP) is 4.87. The van der Waals surface area contributed by atoms with E-state index in [1.807, 2.05) is 47.3 Å². The molecular weight excluding hydrogens is 472 g/mol. The van der Waals surface area contributed by atoms with E-state index in [9.17, 15) is 9.59 Å². The SMILES string of the molecule is COc1ccc2c(c1)c(CC(=O)NCc1cn3ccsc3n1)c(C)n2C(=O)c1ccc(Cl)cc1. The van der Waals surface area contributed by atoms with E-state index in [1.54, 1.807) is 47.3 Å². The molecule has 5 aromatic rings. The number of thiazole rings is 1. The molecule has 0 bridgehead atoms. The van der Waals surface area contributed by atoms with Gasteiger partial charge in [-0.05, 0) is 55.0 Å². The molecule has 3 heterocycles. The summed E-state index contributed by atoms with van der Waals surface area (Å²) in [6.45, 7) is 2.18. The molecule has 0 aliphatic heterocycles. The molecular formula is C25H21ClN4O3S. The molecule has 9 heteroatoms. The first-order valence-corrected chi connectivity index (χ1v) is 11.9. The minimum atomic E-state index is -0.186. The van der Waals surface area contributed by atoms with Crippen LogP contribution in [0.3, 0.4) is 0 Å². The zero-order chi connectivity index (χ0) is 23.8. The Hall–Kier alpha value is -3.62. The second kappa shape index (κ2) is 8.96. The number of aromatic nitrogens is 3. The smallest absolute Gasteiger partial charge is 0.262 e. The molecule has 5 rings (SSSR count). The molecule has 172 valence electrons. The molecule has 0 unspecified atom stereocenters.